The van der Waals surface area contributed by atoms with Crippen molar-refractivity contribution in [3.05, 3.63) is 47.8 Å². The molecule has 1 aliphatic rings. The lowest BCUT2D eigenvalue weighted by molar-refractivity contribution is 0.0252. The van der Waals surface area contributed by atoms with E-state index in [1.165, 1.54) is 11.9 Å². The van der Waals surface area contributed by atoms with Gasteiger partial charge in [0.1, 0.15) is 0 Å². The lowest BCUT2D eigenvalue weighted by Gasteiger charge is -2.23. The first-order valence-electron chi connectivity index (χ1n) is 8.09. The van der Waals surface area contributed by atoms with E-state index in [1.54, 1.807) is 12.1 Å². The molecule has 1 aliphatic heterocycles. The maximum atomic E-state index is 11.6. The van der Waals surface area contributed by atoms with Gasteiger partial charge in [-0.15, -0.1) is 0 Å². The summed E-state index contributed by atoms with van der Waals surface area (Å²) in [7, 11) is -3.15. The normalized spacial score (nSPS) is 19.0. The molecule has 24 heavy (non-hydrogen) atoms. The number of fused-ring (bicyclic) bond motifs is 1. The SMILES string of the molecule is CCO[C@H]1CN(Cc2ccc(S(C)(=O)=O)cc2)Cc2ccnn2C1. The third-order valence-electron chi connectivity index (χ3n) is 4.19. The van der Waals surface area contributed by atoms with Crippen molar-refractivity contribution in [2.75, 3.05) is 19.4 Å². The number of sulfone groups is 1. The summed E-state index contributed by atoms with van der Waals surface area (Å²) in [5.41, 5.74) is 2.26. The van der Waals surface area contributed by atoms with E-state index in [4.69, 9.17) is 4.74 Å². The van der Waals surface area contributed by atoms with Gasteiger partial charge in [-0.3, -0.25) is 9.58 Å². The minimum absolute atomic E-state index is 0.103. The van der Waals surface area contributed by atoms with Gasteiger partial charge in [0.15, 0.2) is 9.84 Å². The molecule has 130 valence electrons. The Morgan fingerprint density at radius 2 is 1.96 bits per heavy atom. The molecular weight excluding hydrogens is 326 g/mol. The summed E-state index contributed by atoms with van der Waals surface area (Å²) in [6.07, 6.45) is 3.15. The predicted octanol–water partition coefficient (Wildman–Crippen LogP) is 1.71. The van der Waals surface area contributed by atoms with Crippen molar-refractivity contribution in [3.8, 4) is 0 Å². The van der Waals surface area contributed by atoms with Crippen molar-refractivity contribution in [2.24, 2.45) is 0 Å². The summed E-state index contributed by atoms with van der Waals surface area (Å²) < 4.78 is 31.0. The molecule has 0 unspecified atom stereocenters. The van der Waals surface area contributed by atoms with E-state index in [-0.39, 0.29) is 6.10 Å². The molecule has 0 radical (unpaired) electrons. The van der Waals surface area contributed by atoms with E-state index in [0.717, 1.165) is 31.7 Å². The van der Waals surface area contributed by atoms with Crippen LogP contribution in [0, 0.1) is 0 Å². The molecule has 1 atom stereocenters. The van der Waals surface area contributed by atoms with Gasteiger partial charge < -0.3 is 4.74 Å². The van der Waals surface area contributed by atoms with Crippen molar-refractivity contribution in [1.82, 2.24) is 14.7 Å². The maximum absolute atomic E-state index is 11.6. The summed E-state index contributed by atoms with van der Waals surface area (Å²) in [6, 6.07) is 9.15. The summed E-state index contributed by atoms with van der Waals surface area (Å²) >= 11 is 0. The lowest BCUT2D eigenvalue weighted by atomic mass is 10.2. The van der Waals surface area contributed by atoms with Crippen molar-refractivity contribution < 1.29 is 13.2 Å². The number of benzene rings is 1. The van der Waals surface area contributed by atoms with Gasteiger partial charge in [0, 0.05) is 38.7 Å². The van der Waals surface area contributed by atoms with E-state index in [1.807, 2.05) is 36.0 Å². The first kappa shape index (κ1) is 17.1. The standard InChI is InChI=1S/C17H23N3O3S/c1-3-23-16-12-19(11-15-8-9-18-20(15)13-16)10-14-4-6-17(7-5-14)24(2,21)22/h4-9,16H,3,10-13H2,1-2H3/t16-/m0/s1. The van der Waals surface area contributed by atoms with E-state index in [9.17, 15) is 8.42 Å². The van der Waals surface area contributed by atoms with Crippen molar-refractivity contribution in [2.45, 2.75) is 37.6 Å². The van der Waals surface area contributed by atoms with Crippen LogP contribution in [-0.4, -0.2) is 48.6 Å². The monoisotopic (exact) mass is 349 g/mol. The van der Waals surface area contributed by atoms with Gasteiger partial charge in [-0.25, -0.2) is 8.42 Å². The Morgan fingerprint density at radius 3 is 2.62 bits per heavy atom. The molecule has 2 aromatic rings. The molecule has 3 rings (SSSR count). The molecule has 0 amide bonds. The van der Waals surface area contributed by atoms with E-state index in [0.29, 0.717) is 11.5 Å². The van der Waals surface area contributed by atoms with Crippen LogP contribution in [0.2, 0.25) is 0 Å². The van der Waals surface area contributed by atoms with Gasteiger partial charge in [0.05, 0.1) is 23.2 Å². The highest BCUT2D eigenvalue weighted by Crippen LogP contribution is 2.18. The molecule has 0 spiro atoms. The van der Waals surface area contributed by atoms with Gasteiger partial charge in [0.2, 0.25) is 0 Å². The van der Waals surface area contributed by atoms with Crippen LogP contribution in [0.3, 0.4) is 0 Å². The number of hydrogen-bond acceptors (Lipinski definition) is 5. The fourth-order valence-corrected chi connectivity index (χ4v) is 3.68. The van der Waals surface area contributed by atoms with Crippen LogP contribution in [0.25, 0.3) is 0 Å². The smallest absolute Gasteiger partial charge is 0.175 e. The Hall–Kier alpha value is -1.70. The molecule has 6 nitrogen and oxygen atoms in total. The van der Waals surface area contributed by atoms with Crippen LogP contribution in [0.5, 0.6) is 0 Å². The number of hydrogen-bond donors (Lipinski definition) is 0. The van der Waals surface area contributed by atoms with E-state index < -0.39 is 9.84 Å². The highest BCUT2D eigenvalue weighted by atomic mass is 32.2. The molecule has 0 saturated carbocycles. The number of aromatic nitrogens is 2. The van der Waals surface area contributed by atoms with Crippen LogP contribution >= 0.6 is 0 Å². The minimum Gasteiger partial charge on any atom is -0.375 e. The Bertz CT molecular complexity index is 784. The Balaban J connectivity index is 1.76. The molecule has 0 aliphatic carbocycles. The topological polar surface area (TPSA) is 64.4 Å². The quantitative estimate of drug-likeness (QED) is 0.822. The van der Waals surface area contributed by atoms with Gasteiger partial charge in [-0.1, -0.05) is 12.1 Å². The molecule has 1 aromatic heterocycles. The summed E-state index contributed by atoms with van der Waals surface area (Å²) in [5, 5.41) is 4.37. The summed E-state index contributed by atoms with van der Waals surface area (Å²) in [4.78, 5) is 2.67. The average Bonchev–Trinajstić information content (AvgIpc) is 2.87. The molecule has 1 aromatic carbocycles. The highest BCUT2D eigenvalue weighted by molar-refractivity contribution is 7.90. The third kappa shape index (κ3) is 4.03. The summed E-state index contributed by atoms with van der Waals surface area (Å²) in [6.45, 7) is 5.82. The molecule has 0 fully saturated rings. The Morgan fingerprint density at radius 1 is 1.21 bits per heavy atom. The molecular formula is C17H23N3O3S. The Kier molecular flexibility index (Phi) is 5.03. The largest absolute Gasteiger partial charge is 0.375 e. The molecule has 0 N–H and O–H groups in total. The lowest BCUT2D eigenvalue weighted by Crippen LogP contribution is -2.32. The third-order valence-corrected chi connectivity index (χ3v) is 5.32. The van der Waals surface area contributed by atoms with Gasteiger partial charge >= 0.3 is 0 Å². The second-order valence-corrected chi connectivity index (χ2v) is 8.18. The van der Waals surface area contributed by atoms with Gasteiger partial charge in [-0.05, 0) is 30.7 Å². The van der Waals surface area contributed by atoms with Crippen molar-refractivity contribution in [3.63, 3.8) is 0 Å². The number of nitrogens with zero attached hydrogens (tertiary/aromatic N) is 3. The van der Waals surface area contributed by atoms with Crippen molar-refractivity contribution >= 4 is 9.84 Å². The molecule has 7 heteroatoms. The van der Waals surface area contributed by atoms with Crippen LogP contribution in [0.15, 0.2) is 41.4 Å². The average molecular weight is 349 g/mol. The molecule has 0 saturated heterocycles. The van der Waals surface area contributed by atoms with E-state index >= 15 is 0 Å². The van der Waals surface area contributed by atoms with Crippen LogP contribution < -0.4 is 0 Å². The van der Waals surface area contributed by atoms with Gasteiger partial charge in [-0.2, -0.15) is 5.10 Å². The van der Waals surface area contributed by atoms with Crippen LogP contribution in [-0.2, 0) is 34.2 Å². The van der Waals surface area contributed by atoms with Crippen LogP contribution in [0.1, 0.15) is 18.2 Å². The van der Waals surface area contributed by atoms with Crippen LogP contribution in [0.4, 0.5) is 0 Å². The maximum Gasteiger partial charge on any atom is 0.175 e. The fourth-order valence-electron chi connectivity index (χ4n) is 3.05. The second-order valence-electron chi connectivity index (χ2n) is 6.17. The number of rotatable bonds is 5. The highest BCUT2D eigenvalue weighted by Gasteiger charge is 2.22. The molecule has 2 heterocycles. The van der Waals surface area contributed by atoms with Crippen molar-refractivity contribution in [1.29, 1.82) is 0 Å². The first-order valence-corrected chi connectivity index (χ1v) is 9.98. The van der Waals surface area contributed by atoms with E-state index in [2.05, 4.69) is 10.00 Å². The zero-order valence-electron chi connectivity index (χ0n) is 14.1. The molecule has 0 bridgehead atoms. The zero-order valence-corrected chi connectivity index (χ0v) is 14.9. The Labute approximate surface area is 143 Å². The van der Waals surface area contributed by atoms with Gasteiger partial charge in [0.25, 0.3) is 0 Å². The summed E-state index contributed by atoms with van der Waals surface area (Å²) in [5.74, 6) is 0. The first-order chi connectivity index (χ1) is 11.5. The number of ether oxygens (including phenoxy) is 1. The minimum atomic E-state index is -3.15. The fraction of sp³-hybridized carbons (Fsp3) is 0.471. The predicted molar refractivity (Wildman–Crippen MR) is 91.3 cm³/mol. The second kappa shape index (κ2) is 7.04. The zero-order chi connectivity index (χ0) is 17.2.